The number of aromatic amines is 1. The summed E-state index contributed by atoms with van der Waals surface area (Å²) in [5, 5.41) is 21.9. The van der Waals surface area contributed by atoms with Gasteiger partial charge in [0.15, 0.2) is 0 Å². The minimum absolute atomic E-state index is 0.166. The molecule has 6 heteroatoms. The van der Waals surface area contributed by atoms with E-state index in [1.165, 1.54) is 0 Å². The second kappa shape index (κ2) is 6.25. The van der Waals surface area contributed by atoms with Crippen molar-refractivity contribution < 1.29 is 5.11 Å². The lowest BCUT2D eigenvalue weighted by Gasteiger charge is -2.18. The van der Waals surface area contributed by atoms with Gasteiger partial charge in [0.1, 0.15) is 17.4 Å². The molecule has 1 aliphatic heterocycles. The number of phenols is 1. The normalized spacial score (nSPS) is 17.8. The van der Waals surface area contributed by atoms with Gasteiger partial charge in [0.05, 0.1) is 28.7 Å². The fourth-order valence-corrected chi connectivity index (χ4v) is 3.32. The fraction of sp³-hybridized carbons (Fsp3) is 0.0455. The van der Waals surface area contributed by atoms with E-state index in [-0.39, 0.29) is 11.8 Å². The van der Waals surface area contributed by atoms with Crippen LogP contribution in [0.3, 0.4) is 0 Å². The van der Waals surface area contributed by atoms with Gasteiger partial charge in [0, 0.05) is 16.8 Å². The zero-order valence-corrected chi connectivity index (χ0v) is 14.7. The molecule has 0 amide bonds. The van der Waals surface area contributed by atoms with Crippen molar-refractivity contribution in [3.63, 3.8) is 0 Å². The monoisotopic (exact) mass is 365 g/mol. The van der Waals surface area contributed by atoms with E-state index < -0.39 is 0 Å². The average molecular weight is 365 g/mol. The zero-order chi connectivity index (χ0) is 19.1. The molecule has 2 aliphatic rings. The van der Waals surface area contributed by atoms with Gasteiger partial charge in [-0.1, -0.05) is 0 Å². The highest BCUT2D eigenvalue weighted by atomic mass is 16.3. The van der Waals surface area contributed by atoms with Gasteiger partial charge in [-0.05, 0) is 66.8 Å². The molecule has 2 bridgehead atoms. The lowest BCUT2D eigenvalue weighted by atomic mass is 10.1. The molecule has 28 heavy (non-hydrogen) atoms. The number of allylic oxidation sites excluding steroid dienone is 3. The third-order valence-electron chi connectivity index (χ3n) is 4.71. The first-order valence-electron chi connectivity index (χ1n) is 8.84. The van der Waals surface area contributed by atoms with Crippen LogP contribution in [0.1, 0.15) is 5.56 Å². The number of rotatable bonds is 2. The molecule has 6 nitrogen and oxygen atoms in total. The molecule has 0 fully saturated rings. The molecule has 0 saturated heterocycles. The standard InChI is InChI=1S/C22H15N5O/c23-12-13-1-5-16-11-17(9-13)25-22(24-16)15-4-8-19-20(10-15)27-21(26-19)14-2-6-18(28)7-3-14/h1-11,17,28H,(H,24,25)(H,26,27). The number of hydrogen-bond donors (Lipinski definition) is 3. The van der Waals surface area contributed by atoms with Crippen molar-refractivity contribution in [3.05, 3.63) is 83.6 Å². The maximum Gasteiger partial charge on any atom is 0.138 e. The number of H-pyrrole nitrogens is 1. The second-order valence-corrected chi connectivity index (χ2v) is 6.65. The fourth-order valence-electron chi connectivity index (χ4n) is 3.32. The van der Waals surface area contributed by atoms with Crippen molar-refractivity contribution in [2.24, 2.45) is 4.99 Å². The van der Waals surface area contributed by atoms with Crippen LogP contribution in [-0.4, -0.2) is 27.0 Å². The molecule has 3 N–H and O–H groups in total. The predicted octanol–water partition coefficient (Wildman–Crippen LogP) is 3.56. The van der Waals surface area contributed by atoms with Gasteiger partial charge in [0.25, 0.3) is 0 Å². The Bertz CT molecular complexity index is 1250. The third-order valence-corrected chi connectivity index (χ3v) is 4.71. The molecule has 2 aromatic carbocycles. The van der Waals surface area contributed by atoms with Crippen LogP contribution in [0.25, 0.3) is 22.4 Å². The average Bonchev–Trinajstić information content (AvgIpc) is 3.08. The van der Waals surface area contributed by atoms with Crippen LogP contribution in [0.2, 0.25) is 0 Å². The summed E-state index contributed by atoms with van der Waals surface area (Å²) < 4.78 is 0. The summed E-state index contributed by atoms with van der Waals surface area (Å²) in [5.74, 6) is 1.72. The zero-order valence-electron chi connectivity index (χ0n) is 14.7. The molecular formula is C22H15N5O. The molecule has 1 unspecified atom stereocenters. The number of nitrogens with zero attached hydrogens (tertiary/aromatic N) is 3. The molecule has 0 spiro atoms. The predicted molar refractivity (Wildman–Crippen MR) is 108 cm³/mol. The molecule has 0 saturated carbocycles. The van der Waals surface area contributed by atoms with Crippen molar-refractivity contribution in [1.29, 1.82) is 5.26 Å². The molecular weight excluding hydrogens is 350 g/mol. The van der Waals surface area contributed by atoms with Crippen LogP contribution in [0.15, 0.2) is 83.0 Å². The van der Waals surface area contributed by atoms with Crippen LogP contribution in [-0.2, 0) is 0 Å². The second-order valence-electron chi connectivity index (χ2n) is 6.65. The number of nitrogens with one attached hydrogen (secondary N) is 2. The summed E-state index contributed by atoms with van der Waals surface area (Å²) in [7, 11) is 0. The first-order valence-corrected chi connectivity index (χ1v) is 8.84. The van der Waals surface area contributed by atoms with Crippen LogP contribution >= 0.6 is 0 Å². The summed E-state index contributed by atoms with van der Waals surface area (Å²) in [5.41, 5.74) is 5.12. The maximum atomic E-state index is 9.46. The molecule has 3 aromatic rings. The van der Waals surface area contributed by atoms with Crippen molar-refractivity contribution in [2.45, 2.75) is 6.04 Å². The Morgan fingerprint density at radius 3 is 2.64 bits per heavy atom. The van der Waals surface area contributed by atoms with Gasteiger partial charge in [-0.15, -0.1) is 0 Å². The van der Waals surface area contributed by atoms with E-state index >= 15 is 0 Å². The first kappa shape index (κ1) is 16.1. The number of aliphatic imine (C=N–C) groups is 1. The van der Waals surface area contributed by atoms with E-state index in [0.717, 1.165) is 39.5 Å². The molecule has 2 heterocycles. The highest BCUT2D eigenvalue weighted by molar-refractivity contribution is 6.03. The summed E-state index contributed by atoms with van der Waals surface area (Å²) in [4.78, 5) is 12.7. The number of imidazole rings is 1. The minimum atomic E-state index is -0.166. The Labute approximate surface area is 160 Å². The van der Waals surface area contributed by atoms with E-state index in [1.807, 2.05) is 48.6 Å². The maximum absolute atomic E-state index is 9.46. The summed E-state index contributed by atoms with van der Waals surface area (Å²) in [6, 6.07) is 14.9. The molecule has 134 valence electrons. The molecule has 1 atom stereocenters. The lowest BCUT2D eigenvalue weighted by molar-refractivity contribution is 0.475. The van der Waals surface area contributed by atoms with Gasteiger partial charge in [-0.25, -0.2) is 4.98 Å². The topological polar surface area (TPSA) is 97.1 Å². The van der Waals surface area contributed by atoms with Crippen LogP contribution < -0.4 is 5.32 Å². The van der Waals surface area contributed by atoms with E-state index in [2.05, 4.69) is 21.4 Å². The van der Waals surface area contributed by atoms with Crippen molar-refractivity contribution in [2.75, 3.05) is 0 Å². The van der Waals surface area contributed by atoms with Crippen LogP contribution in [0.5, 0.6) is 5.75 Å². The largest absolute Gasteiger partial charge is 0.508 e. The van der Waals surface area contributed by atoms with E-state index in [9.17, 15) is 5.11 Å². The summed E-state index contributed by atoms with van der Waals surface area (Å²) in [6.45, 7) is 0. The Hall–Kier alpha value is -4.11. The highest BCUT2D eigenvalue weighted by Gasteiger charge is 2.17. The van der Waals surface area contributed by atoms with Crippen LogP contribution in [0.4, 0.5) is 0 Å². The smallest absolute Gasteiger partial charge is 0.138 e. The van der Waals surface area contributed by atoms with Gasteiger partial charge in [0.2, 0.25) is 0 Å². The Morgan fingerprint density at radius 1 is 1.00 bits per heavy atom. The van der Waals surface area contributed by atoms with E-state index in [4.69, 9.17) is 10.3 Å². The number of aromatic nitrogens is 2. The molecule has 0 radical (unpaired) electrons. The van der Waals surface area contributed by atoms with Gasteiger partial charge >= 0.3 is 0 Å². The summed E-state index contributed by atoms with van der Waals surface area (Å²) >= 11 is 0. The first-order chi connectivity index (χ1) is 13.7. The Balaban J connectivity index is 1.51. The van der Waals surface area contributed by atoms with Crippen molar-refractivity contribution >= 4 is 16.9 Å². The number of nitriles is 1. The highest BCUT2D eigenvalue weighted by Crippen LogP contribution is 2.24. The number of amidine groups is 1. The van der Waals surface area contributed by atoms with Crippen molar-refractivity contribution in [1.82, 2.24) is 15.3 Å². The number of fused-ring (bicyclic) bond motifs is 2. The number of phenolic OH excluding ortho intramolecular Hbond substituents is 1. The molecule has 1 aliphatic carbocycles. The third kappa shape index (κ3) is 2.85. The van der Waals surface area contributed by atoms with E-state index in [0.29, 0.717) is 5.57 Å². The van der Waals surface area contributed by atoms with Crippen molar-refractivity contribution in [3.8, 4) is 23.2 Å². The summed E-state index contributed by atoms with van der Waals surface area (Å²) in [6.07, 6.45) is 7.52. The van der Waals surface area contributed by atoms with E-state index in [1.54, 1.807) is 18.2 Å². The molecule has 5 rings (SSSR count). The van der Waals surface area contributed by atoms with Gasteiger partial charge in [-0.2, -0.15) is 5.26 Å². The number of aromatic hydroxyl groups is 1. The SMILES string of the molecule is N#CC1=CC2C=C(C=C1)NC(c1ccc3nc(-c4ccc(O)cc4)[nH]c3c1)=N2. The lowest BCUT2D eigenvalue weighted by Crippen LogP contribution is -2.28. The minimum Gasteiger partial charge on any atom is -0.508 e. The number of hydrogen-bond acceptors (Lipinski definition) is 5. The van der Waals surface area contributed by atoms with Gasteiger partial charge in [-0.3, -0.25) is 4.99 Å². The quantitative estimate of drug-likeness (QED) is 0.647. The molecule has 1 aromatic heterocycles. The number of benzene rings is 2. The van der Waals surface area contributed by atoms with Gasteiger partial charge < -0.3 is 15.4 Å². The van der Waals surface area contributed by atoms with Crippen LogP contribution in [0, 0.1) is 11.3 Å². The Kier molecular flexibility index (Phi) is 3.59. The Morgan fingerprint density at radius 2 is 1.82 bits per heavy atom.